The Hall–Kier alpha value is -1.66. The zero-order valence-electron chi connectivity index (χ0n) is 10.0. The molecule has 0 aliphatic rings. The van der Waals surface area contributed by atoms with Crippen LogP contribution in [-0.2, 0) is 4.79 Å². The highest BCUT2D eigenvalue weighted by Crippen LogP contribution is 2.24. The van der Waals surface area contributed by atoms with Crippen molar-refractivity contribution in [3.05, 3.63) is 35.6 Å². The maximum absolute atomic E-state index is 11.7. The van der Waals surface area contributed by atoms with Crippen molar-refractivity contribution in [3.8, 4) is 0 Å². The first-order valence-corrected chi connectivity index (χ1v) is 6.98. The number of rotatable bonds is 5. The van der Waals surface area contributed by atoms with Gasteiger partial charge in [0.25, 0.3) is 0 Å². The molecule has 1 aromatic heterocycles. The van der Waals surface area contributed by atoms with Crippen molar-refractivity contribution >= 4 is 40.6 Å². The normalized spacial score (nSPS) is 10.4. The molecule has 0 saturated heterocycles. The molecule has 0 aliphatic carbocycles. The molecule has 0 aliphatic heterocycles. The number of nitrogens with two attached hydrogens (primary N) is 1. The van der Waals surface area contributed by atoms with Gasteiger partial charge >= 0.3 is 0 Å². The molecule has 0 saturated carbocycles. The molecular weight excluding hydrogens is 284 g/mol. The fourth-order valence-electron chi connectivity index (χ4n) is 1.42. The van der Waals surface area contributed by atoms with Crippen molar-refractivity contribution in [2.24, 2.45) is 0 Å². The number of hydrogen-bond donors (Lipinski definition) is 3. The lowest BCUT2D eigenvalue weighted by atomic mass is 10.3. The standard InChI is InChI=1S/C12H13ClN4OS/c13-9-7-8(14)1-2-10(9)17-11(18)3-6-19-12-15-4-5-16-12/h1-2,4-5,7H,3,6,14H2,(H,15,16)(H,17,18). The number of nitrogens with one attached hydrogen (secondary N) is 2. The Bertz CT molecular complexity index is 559. The van der Waals surface area contributed by atoms with Crippen LogP contribution in [-0.4, -0.2) is 21.6 Å². The zero-order valence-corrected chi connectivity index (χ0v) is 11.6. The molecule has 0 radical (unpaired) electrons. The number of halogens is 1. The van der Waals surface area contributed by atoms with Crippen LogP contribution in [0.15, 0.2) is 35.7 Å². The van der Waals surface area contributed by atoms with Gasteiger partial charge in [0, 0.05) is 30.3 Å². The van der Waals surface area contributed by atoms with E-state index in [1.165, 1.54) is 11.8 Å². The van der Waals surface area contributed by atoms with Gasteiger partial charge in [-0.3, -0.25) is 4.79 Å². The quantitative estimate of drug-likeness (QED) is 0.585. The molecular formula is C12H13ClN4OS. The van der Waals surface area contributed by atoms with E-state index in [1.807, 2.05) is 0 Å². The summed E-state index contributed by atoms with van der Waals surface area (Å²) in [4.78, 5) is 18.8. The van der Waals surface area contributed by atoms with Crippen LogP contribution in [0.2, 0.25) is 5.02 Å². The molecule has 0 spiro atoms. The molecule has 100 valence electrons. The highest BCUT2D eigenvalue weighted by Gasteiger charge is 2.06. The van der Waals surface area contributed by atoms with E-state index < -0.39 is 0 Å². The molecule has 2 rings (SSSR count). The number of amides is 1. The highest BCUT2D eigenvalue weighted by molar-refractivity contribution is 7.99. The van der Waals surface area contributed by atoms with Gasteiger partial charge in [-0.1, -0.05) is 23.4 Å². The molecule has 0 unspecified atom stereocenters. The SMILES string of the molecule is Nc1ccc(NC(=O)CCSc2ncc[nH]2)c(Cl)c1. The van der Waals surface area contributed by atoms with E-state index in [4.69, 9.17) is 17.3 Å². The van der Waals surface area contributed by atoms with E-state index in [0.717, 1.165) is 5.16 Å². The van der Waals surface area contributed by atoms with Gasteiger partial charge in [0.1, 0.15) is 0 Å². The summed E-state index contributed by atoms with van der Waals surface area (Å²) in [5.74, 6) is 0.553. The third-order valence-electron chi connectivity index (χ3n) is 2.31. The van der Waals surface area contributed by atoms with Crippen LogP contribution in [0.3, 0.4) is 0 Å². The minimum absolute atomic E-state index is 0.0919. The monoisotopic (exact) mass is 296 g/mol. The Kier molecular flexibility index (Phi) is 4.70. The lowest BCUT2D eigenvalue weighted by Gasteiger charge is -2.07. The maximum Gasteiger partial charge on any atom is 0.225 e. The molecule has 0 fully saturated rings. The third-order valence-corrected chi connectivity index (χ3v) is 3.53. The molecule has 0 bridgehead atoms. The number of aromatic amines is 1. The van der Waals surface area contributed by atoms with Crippen molar-refractivity contribution in [1.82, 2.24) is 9.97 Å². The number of carbonyl (C=O) groups excluding carboxylic acids is 1. The second-order valence-electron chi connectivity index (χ2n) is 3.78. The number of carbonyl (C=O) groups is 1. The predicted octanol–water partition coefficient (Wildman–Crippen LogP) is 2.77. The first-order valence-electron chi connectivity index (χ1n) is 5.62. The first kappa shape index (κ1) is 13.8. The molecule has 2 aromatic rings. The van der Waals surface area contributed by atoms with E-state index in [0.29, 0.717) is 28.6 Å². The van der Waals surface area contributed by atoms with E-state index in [-0.39, 0.29) is 5.91 Å². The Morgan fingerprint density at radius 3 is 3.05 bits per heavy atom. The number of hydrogen-bond acceptors (Lipinski definition) is 4. The summed E-state index contributed by atoms with van der Waals surface area (Å²) in [6.45, 7) is 0. The van der Waals surface area contributed by atoms with Gasteiger partial charge in [-0.05, 0) is 18.2 Å². The number of imidazole rings is 1. The van der Waals surface area contributed by atoms with Crippen LogP contribution >= 0.6 is 23.4 Å². The van der Waals surface area contributed by atoms with Gasteiger partial charge in [-0.2, -0.15) is 0 Å². The lowest BCUT2D eigenvalue weighted by molar-refractivity contribution is -0.115. The Balaban J connectivity index is 1.80. The Morgan fingerprint density at radius 1 is 1.53 bits per heavy atom. The highest BCUT2D eigenvalue weighted by atomic mass is 35.5. The van der Waals surface area contributed by atoms with Gasteiger partial charge in [0.15, 0.2) is 5.16 Å². The van der Waals surface area contributed by atoms with Crippen molar-refractivity contribution in [3.63, 3.8) is 0 Å². The van der Waals surface area contributed by atoms with Crippen molar-refractivity contribution in [2.75, 3.05) is 16.8 Å². The number of benzene rings is 1. The molecule has 1 amide bonds. The van der Waals surface area contributed by atoms with E-state index in [2.05, 4.69) is 15.3 Å². The summed E-state index contributed by atoms with van der Waals surface area (Å²) in [7, 11) is 0. The average Bonchev–Trinajstić information content (AvgIpc) is 2.86. The maximum atomic E-state index is 11.7. The summed E-state index contributed by atoms with van der Waals surface area (Å²) in [5, 5.41) is 3.99. The fourth-order valence-corrected chi connectivity index (χ4v) is 2.42. The van der Waals surface area contributed by atoms with Crippen molar-refractivity contribution in [1.29, 1.82) is 0 Å². The summed E-state index contributed by atoms with van der Waals surface area (Å²) in [6, 6.07) is 4.99. The van der Waals surface area contributed by atoms with Gasteiger partial charge in [-0.25, -0.2) is 4.98 Å². The van der Waals surface area contributed by atoms with Crippen LogP contribution in [0.5, 0.6) is 0 Å². The van der Waals surface area contributed by atoms with E-state index in [9.17, 15) is 4.79 Å². The van der Waals surface area contributed by atoms with Crippen LogP contribution in [0, 0.1) is 0 Å². The predicted molar refractivity (Wildman–Crippen MR) is 78.4 cm³/mol. The second kappa shape index (κ2) is 6.49. The summed E-state index contributed by atoms with van der Waals surface area (Å²) < 4.78 is 0. The van der Waals surface area contributed by atoms with Crippen LogP contribution in [0.4, 0.5) is 11.4 Å². The number of nitrogen functional groups attached to an aromatic ring is 1. The van der Waals surface area contributed by atoms with E-state index >= 15 is 0 Å². The first-order chi connectivity index (χ1) is 9.15. The number of H-pyrrole nitrogens is 1. The molecule has 5 nitrogen and oxygen atoms in total. The van der Waals surface area contributed by atoms with Gasteiger partial charge in [0.2, 0.25) is 5.91 Å². The molecule has 4 N–H and O–H groups in total. The molecule has 7 heteroatoms. The van der Waals surface area contributed by atoms with Gasteiger partial charge in [0.05, 0.1) is 10.7 Å². The van der Waals surface area contributed by atoms with Crippen molar-refractivity contribution in [2.45, 2.75) is 11.6 Å². The number of nitrogens with zero attached hydrogens (tertiary/aromatic N) is 1. The van der Waals surface area contributed by atoms with Crippen LogP contribution in [0.1, 0.15) is 6.42 Å². The largest absolute Gasteiger partial charge is 0.399 e. The number of anilines is 2. The zero-order chi connectivity index (χ0) is 13.7. The van der Waals surface area contributed by atoms with Gasteiger partial charge in [-0.15, -0.1) is 0 Å². The fraction of sp³-hybridized carbons (Fsp3) is 0.167. The average molecular weight is 297 g/mol. The molecule has 1 aromatic carbocycles. The lowest BCUT2D eigenvalue weighted by Crippen LogP contribution is -2.12. The van der Waals surface area contributed by atoms with Crippen LogP contribution < -0.4 is 11.1 Å². The van der Waals surface area contributed by atoms with Gasteiger partial charge < -0.3 is 16.0 Å². The minimum atomic E-state index is -0.0919. The summed E-state index contributed by atoms with van der Waals surface area (Å²) in [5.41, 5.74) is 6.72. The van der Waals surface area contributed by atoms with E-state index in [1.54, 1.807) is 30.6 Å². The number of thioether (sulfide) groups is 1. The molecule has 0 atom stereocenters. The Morgan fingerprint density at radius 2 is 2.37 bits per heavy atom. The number of aromatic nitrogens is 2. The molecule has 1 heterocycles. The smallest absolute Gasteiger partial charge is 0.225 e. The summed E-state index contributed by atoms with van der Waals surface area (Å²) in [6.07, 6.45) is 3.80. The second-order valence-corrected chi connectivity index (χ2v) is 5.27. The van der Waals surface area contributed by atoms with Crippen LogP contribution in [0.25, 0.3) is 0 Å². The third kappa shape index (κ3) is 4.18. The van der Waals surface area contributed by atoms with Crippen molar-refractivity contribution < 1.29 is 4.79 Å². The summed E-state index contributed by atoms with van der Waals surface area (Å²) >= 11 is 7.47. The topological polar surface area (TPSA) is 83.8 Å². The Labute approximate surface area is 119 Å². The minimum Gasteiger partial charge on any atom is -0.399 e. The molecule has 19 heavy (non-hydrogen) atoms.